The molecule has 1 aromatic carbocycles. The molecule has 0 bridgehead atoms. The number of hydrogen-bond acceptors (Lipinski definition) is 5. The van der Waals surface area contributed by atoms with E-state index in [4.69, 9.17) is 14.3 Å². The van der Waals surface area contributed by atoms with Crippen LogP contribution in [-0.4, -0.2) is 29.6 Å². The standard InChI is InChI=1S/C18H21NO6/c1-4-11-7-16(21)25-14-8-12(5-6-13(11)14)24-9-15(20)19-17(10(2)3)18(22)23/h5-8,10,17H,4,9H2,1-3H3,(H,19,20)(H,22,23). The van der Waals surface area contributed by atoms with Crippen LogP contribution in [0.25, 0.3) is 11.0 Å². The van der Waals surface area contributed by atoms with Crippen molar-refractivity contribution in [2.24, 2.45) is 5.92 Å². The number of nitrogens with one attached hydrogen (secondary N) is 1. The minimum Gasteiger partial charge on any atom is -0.484 e. The van der Waals surface area contributed by atoms with Crippen LogP contribution in [0, 0.1) is 5.92 Å². The van der Waals surface area contributed by atoms with E-state index in [0.717, 1.165) is 10.9 Å². The Hall–Kier alpha value is -2.83. The SMILES string of the molecule is CCc1cc(=O)oc2cc(OCC(=O)NC(C(=O)O)C(C)C)ccc12. The van der Waals surface area contributed by atoms with Crippen molar-refractivity contribution in [2.45, 2.75) is 33.2 Å². The number of carbonyl (C=O) groups is 2. The summed E-state index contributed by atoms with van der Waals surface area (Å²) in [5, 5.41) is 12.3. The van der Waals surface area contributed by atoms with Crippen LogP contribution < -0.4 is 15.7 Å². The van der Waals surface area contributed by atoms with Crippen LogP contribution >= 0.6 is 0 Å². The Bertz CT molecular complexity index is 839. The minimum absolute atomic E-state index is 0.246. The van der Waals surface area contributed by atoms with E-state index in [1.54, 1.807) is 32.0 Å². The average molecular weight is 347 g/mol. The number of benzene rings is 1. The lowest BCUT2D eigenvalue weighted by molar-refractivity contribution is -0.143. The maximum absolute atomic E-state index is 11.9. The Labute approximate surface area is 144 Å². The molecule has 0 spiro atoms. The minimum atomic E-state index is -1.09. The van der Waals surface area contributed by atoms with E-state index in [9.17, 15) is 14.4 Å². The third kappa shape index (κ3) is 4.59. The van der Waals surface area contributed by atoms with Gasteiger partial charge in [0.15, 0.2) is 6.61 Å². The first-order chi connectivity index (χ1) is 11.8. The van der Waals surface area contributed by atoms with Crippen molar-refractivity contribution in [3.05, 3.63) is 40.2 Å². The number of fused-ring (bicyclic) bond motifs is 1. The number of hydrogen-bond donors (Lipinski definition) is 2. The number of amides is 1. The predicted molar refractivity (Wildman–Crippen MR) is 91.8 cm³/mol. The van der Waals surface area contributed by atoms with Crippen molar-refractivity contribution in [2.75, 3.05) is 6.61 Å². The van der Waals surface area contributed by atoms with E-state index in [1.807, 2.05) is 6.92 Å². The molecule has 0 saturated carbocycles. The summed E-state index contributed by atoms with van der Waals surface area (Å²) in [5.74, 6) is -1.52. The maximum atomic E-state index is 11.9. The fourth-order valence-electron chi connectivity index (χ4n) is 2.47. The summed E-state index contributed by atoms with van der Waals surface area (Å²) >= 11 is 0. The Balaban J connectivity index is 2.09. The molecular weight excluding hydrogens is 326 g/mol. The molecule has 1 amide bonds. The Morgan fingerprint density at radius 3 is 2.60 bits per heavy atom. The molecule has 0 aliphatic heterocycles. The van der Waals surface area contributed by atoms with Gasteiger partial charge in [0, 0.05) is 17.5 Å². The Morgan fingerprint density at radius 1 is 1.28 bits per heavy atom. The van der Waals surface area contributed by atoms with Gasteiger partial charge in [-0.1, -0.05) is 20.8 Å². The number of aryl methyl sites for hydroxylation is 1. The molecule has 25 heavy (non-hydrogen) atoms. The fraction of sp³-hybridized carbons (Fsp3) is 0.389. The summed E-state index contributed by atoms with van der Waals surface area (Å²) in [7, 11) is 0. The monoisotopic (exact) mass is 347 g/mol. The molecule has 0 radical (unpaired) electrons. The quantitative estimate of drug-likeness (QED) is 0.742. The first-order valence-corrected chi connectivity index (χ1v) is 8.03. The van der Waals surface area contributed by atoms with Crippen LogP contribution in [0.2, 0.25) is 0 Å². The molecule has 1 aromatic heterocycles. The average Bonchev–Trinajstić information content (AvgIpc) is 2.55. The molecule has 7 heteroatoms. The van der Waals surface area contributed by atoms with Crippen molar-refractivity contribution >= 4 is 22.8 Å². The predicted octanol–water partition coefficient (Wildman–Crippen LogP) is 1.96. The highest BCUT2D eigenvalue weighted by Gasteiger charge is 2.23. The van der Waals surface area contributed by atoms with Crippen molar-refractivity contribution in [1.82, 2.24) is 5.32 Å². The van der Waals surface area contributed by atoms with Gasteiger partial charge in [0.05, 0.1) is 0 Å². The number of carbonyl (C=O) groups excluding carboxylic acids is 1. The maximum Gasteiger partial charge on any atom is 0.336 e. The summed E-state index contributed by atoms with van der Waals surface area (Å²) in [6.45, 7) is 5.02. The molecule has 1 unspecified atom stereocenters. The normalized spacial score (nSPS) is 12.2. The number of rotatable bonds is 7. The summed E-state index contributed by atoms with van der Waals surface area (Å²) in [6.07, 6.45) is 0.691. The van der Waals surface area contributed by atoms with Gasteiger partial charge in [-0.2, -0.15) is 0 Å². The number of aliphatic carboxylic acids is 1. The molecule has 0 aliphatic carbocycles. The Kier molecular flexibility index (Phi) is 5.80. The smallest absolute Gasteiger partial charge is 0.336 e. The van der Waals surface area contributed by atoms with Crippen molar-refractivity contribution < 1.29 is 23.8 Å². The first kappa shape index (κ1) is 18.5. The summed E-state index contributed by atoms with van der Waals surface area (Å²) in [4.78, 5) is 34.5. The van der Waals surface area contributed by atoms with Gasteiger partial charge in [0.25, 0.3) is 5.91 Å². The van der Waals surface area contributed by atoms with Gasteiger partial charge >= 0.3 is 11.6 Å². The zero-order valence-corrected chi connectivity index (χ0v) is 14.4. The third-order valence-corrected chi connectivity index (χ3v) is 3.80. The topological polar surface area (TPSA) is 106 Å². The molecule has 1 atom stereocenters. The third-order valence-electron chi connectivity index (χ3n) is 3.80. The van der Waals surface area contributed by atoms with Gasteiger partial charge in [-0.3, -0.25) is 4.79 Å². The molecular formula is C18H21NO6. The molecule has 134 valence electrons. The lowest BCUT2D eigenvalue weighted by Crippen LogP contribution is -2.46. The lowest BCUT2D eigenvalue weighted by atomic mass is 10.1. The van der Waals surface area contributed by atoms with Crippen molar-refractivity contribution in [1.29, 1.82) is 0 Å². The van der Waals surface area contributed by atoms with Gasteiger partial charge in [-0.15, -0.1) is 0 Å². The summed E-state index contributed by atoms with van der Waals surface area (Å²) in [5.41, 5.74) is 0.810. The molecule has 1 heterocycles. The second kappa shape index (κ2) is 7.83. The molecule has 2 rings (SSSR count). The second-order valence-electron chi connectivity index (χ2n) is 6.02. The molecule has 2 N–H and O–H groups in total. The zero-order chi connectivity index (χ0) is 18.6. The van der Waals surface area contributed by atoms with Gasteiger partial charge in [0.1, 0.15) is 17.4 Å². The number of carboxylic acids is 1. The van der Waals surface area contributed by atoms with E-state index >= 15 is 0 Å². The first-order valence-electron chi connectivity index (χ1n) is 8.03. The van der Waals surface area contributed by atoms with Crippen LogP contribution in [0.15, 0.2) is 33.5 Å². The van der Waals surface area contributed by atoms with Gasteiger partial charge in [0.2, 0.25) is 0 Å². The van der Waals surface area contributed by atoms with Gasteiger partial charge < -0.3 is 19.6 Å². The van der Waals surface area contributed by atoms with Crippen LogP contribution in [0.3, 0.4) is 0 Å². The summed E-state index contributed by atoms with van der Waals surface area (Å²) in [6, 6.07) is 5.46. The van der Waals surface area contributed by atoms with Crippen LogP contribution in [0.5, 0.6) is 5.75 Å². The Morgan fingerprint density at radius 2 is 2.00 bits per heavy atom. The van der Waals surface area contributed by atoms with E-state index < -0.39 is 23.5 Å². The lowest BCUT2D eigenvalue weighted by Gasteiger charge is -2.18. The van der Waals surface area contributed by atoms with Crippen molar-refractivity contribution in [3.63, 3.8) is 0 Å². The van der Waals surface area contributed by atoms with Gasteiger partial charge in [-0.05, 0) is 30.0 Å². The largest absolute Gasteiger partial charge is 0.484 e. The van der Waals surface area contributed by atoms with Crippen LogP contribution in [-0.2, 0) is 16.0 Å². The van der Waals surface area contributed by atoms with E-state index in [2.05, 4.69) is 5.32 Å². The highest BCUT2D eigenvalue weighted by Crippen LogP contribution is 2.23. The summed E-state index contributed by atoms with van der Waals surface area (Å²) < 4.78 is 10.5. The van der Waals surface area contributed by atoms with Crippen LogP contribution in [0.4, 0.5) is 0 Å². The van der Waals surface area contributed by atoms with Gasteiger partial charge in [-0.25, -0.2) is 9.59 Å². The van der Waals surface area contributed by atoms with E-state index in [-0.39, 0.29) is 12.5 Å². The molecule has 0 fully saturated rings. The highest BCUT2D eigenvalue weighted by molar-refractivity contribution is 5.85. The van der Waals surface area contributed by atoms with Crippen LogP contribution in [0.1, 0.15) is 26.3 Å². The second-order valence-corrected chi connectivity index (χ2v) is 6.02. The fourth-order valence-corrected chi connectivity index (χ4v) is 2.47. The molecule has 0 saturated heterocycles. The van der Waals surface area contributed by atoms with E-state index in [0.29, 0.717) is 17.8 Å². The van der Waals surface area contributed by atoms with E-state index in [1.165, 1.54) is 6.07 Å². The number of carboxylic acid groups (broad SMARTS) is 1. The molecule has 7 nitrogen and oxygen atoms in total. The molecule has 2 aromatic rings. The molecule has 0 aliphatic rings. The number of ether oxygens (including phenoxy) is 1. The highest BCUT2D eigenvalue weighted by atomic mass is 16.5. The van der Waals surface area contributed by atoms with Crippen molar-refractivity contribution in [3.8, 4) is 5.75 Å². The zero-order valence-electron chi connectivity index (χ0n) is 14.4.